The summed E-state index contributed by atoms with van der Waals surface area (Å²) in [6.07, 6.45) is 0.232. The second-order valence-corrected chi connectivity index (χ2v) is 5.28. The van der Waals surface area contributed by atoms with Crippen LogP contribution in [0.2, 0.25) is 0 Å². The van der Waals surface area contributed by atoms with Gasteiger partial charge in [0.2, 0.25) is 0 Å². The minimum absolute atomic E-state index is 0.232. The molecule has 0 aliphatic carbocycles. The van der Waals surface area contributed by atoms with Gasteiger partial charge in [0.1, 0.15) is 17.5 Å². The molecule has 0 amide bonds. The van der Waals surface area contributed by atoms with Crippen LogP contribution in [0, 0.1) is 17.5 Å². The van der Waals surface area contributed by atoms with Crippen molar-refractivity contribution in [1.29, 1.82) is 0 Å². The zero-order valence-electron chi connectivity index (χ0n) is 10.8. The van der Waals surface area contributed by atoms with Crippen molar-refractivity contribution in [3.8, 4) is 0 Å². The van der Waals surface area contributed by atoms with Crippen LogP contribution in [-0.4, -0.2) is 7.05 Å². The Morgan fingerprint density at radius 3 is 2.55 bits per heavy atom. The van der Waals surface area contributed by atoms with E-state index in [1.807, 2.05) is 0 Å². The largest absolute Gasteiger partial charge is 0.313 e. The van der Waals surface area contributed by atoms with Crippen molar-refractivity contribution in [3.63, 3.8) is 0 Å². The summed E-state index contributed by atoms with van der Waals surface area (Å²) in [7, 11) is 1.67. The summed E-state index contributed by atoms with van der Waals surface area (Å²) in [5.74, 6) is -1.63. The van der Waals surface area contributed by atoms with E-state index >= 15 is 0 Å². The monoisotopic (exact) mass is 343 g/mol. The van der Waals surface area contributed by atoms with Crippen LogP contribution in [0.1, 0.15) is 17.2 Å². The number of halogens is 4. The lowest BCUT2D eigenvalue weighted by Gasteiger charge is -2.18. The van der Waals surface area contributed by atoms with Crippen molar-refractivity contribution in [2.45, 2.75) is 12.5 Å². The molecular formula is C15H13BrF3N. The van der Waals surface area contributed by atoms with E-state index in [9.17, 15) is 13.2 Å². The SMILES string of the molecule is CNC(Cc1ccc(F)cc1F)c1cccc(Br)c1F. The first-order chi connectivity index (χ1) is 9.52. The molecule has 0 aromatic heterocycles. The van der Waals surface area contributed by atoms with Gasteiger partial charge in [-0.2, -0.15) is 0 Å². The van der Waals surface area contributed by atoms with E-state index in [0.717, 1.165) is 6.07 Å². The summed E-state index contributed by atoms with van der Waals surface area (Å²) < 4.78 is 41.0. The van der Waals surface area contributed by atoms with E-state index in [1.165, 1.54) is 12.1 Å². The number of benzene rings is 2. The van der Waals surface area contributed by atoms with Gasteiger partial charge in [0.05, 0.1) is 4.47 Å². The van der Waals surface area contributed by atoms with E-state index in [1.54, 1.807) is 25.2 Å². The number of hydrogen-bond acceptors (Lipinski definition) is 1. The molecule has 0 heterocycles. The van der Waals surface area contributed by atoms with Crippen LogP contribution in [-0.2, 0) is 6.42 Å². The fraction of sp³-hybridized carbons (Fsp3) is 0.200. The maximum atomic E-state index is 14.1. The highest BCUT2D eigenvalue weighted by Crippen LogP contribution is 2.26. The average molecular weight is 344 g/mol. The quantitative estimate of drug-likeness (QED) is 0.869. The summed E-state index contributed by atoms with van der Waals surface area (Å²) in [6, 6.07) is 7.97. The molecule has 5 heteroatoms. The van der Waals surface area contributed by atoms with E-state index in [4.69, 9.17) is 0 Å². The molecule has 2 rings (SSSR count). The molecule has 1 unspecified atom stereocenters. The first kappa shape index (κ1) is 15.1. The van der Waals surface area contributed by atoms with Crippen LogP contribution in [0.5, 0.6) is 0 Å². The molecule has 1 nitrogen and oxygen atoms in total. The molecule has 20 heavy (non-hydrogen) atoms. The van der Waals surface area contributed by atoms with Gasteiger partial charge in [0.15, 0.2) is 0 Å². The maximum absolute atomic E-state index is 14.1. The van der Waals surface area contributed by atoms with Gasteiger partial charge in [-0.15, -0.1) is 0 Å². The molecule has 0 bridgehead atoms. The Kier molecular flexibility index (Phi) is 4.83. The molecule has 1 N–H and O–H groups in total. The lowest BCUT2D eigenvalue weighted by Crippen LogP contribution is -2.20. The van der Waals surface area contributed by atoms with Crippen LogP contribution in [0.15, 0.2) is 40.9 Å². The van der Waals surface area contributed by atoms with Gasteiger partial charge in [0, 0.05) is 17.7 Å². The number of hydrogen-bond donors (Lipinski definition) is 1. The molecule has 2 aromatic rings. The van der Waals surface area contributed by atoms with E-state index in [0.29, 0.717) is 15.6 Å². The first-order valence-electron chi connectivity index (χ1n) is 6.08. The zero-order chi connectivity index (χ0) is 14.7. The second-order valence-electron chi connectivity index (χ2n) is 4.42. The van der Waals surface area contributed by atoms with Gasteiger partial charge in [0.25, 0.3) is 0 Å². The standard InChI is InChI=1S/C15H13BrF3N/c1-20-14(11-3-2-4-12(16)15(11)19)7-9-5-6-10(17)8-13(9)18/h2-6,8,14,20H,7H2,1H3. The topological polar surface area (TPSA) is 12.0 Å². The number of rotatable bonds is 4. The average Bonchev–Trinajstić information content (AvgIpc) is 2.42. The summed E-state index contributed by atoms with van der Waals surface area (Å²) in [5, 5.41) is 2.96. The van der Waals surface area contributed by atoms with Crippen molar-refractivity contribution in [2.24, 2.45) is 0 Å². The van der Waals surface area contributed by atoms with Gasteiger partial charge < -0.3 is 5.32 Å². The van der Waals surface area contributed by atoms with Crippen molar-refractivity contribution in [2.75, 3.05) is 7.05 Å². The van der Waals surface area contributed by atoms with Crippen molar-refractivity contribution >= 4 is 15.9 Å². The molecule has 0 aliphatic rings. The Labute approximate surface area is 123 Å². The van der Waals surface area contributed by atoms with Crippen LogP contribution in [0.4, 0.5) is 13.2 Å². The minimum Gasteiger partial charge on any atom is -0.313 e. The van der Waals surface area contributed by atoms with Crippen LogP contribution < -0.4 is 5.32 Å². The molecule has 1 atom stereocenters. The predicted octanol–water partition coefficient (Wildman–Crippen LogP) is 4.37. The normalized spacial score (nSPS) is 12.4. The highest BCUT2D eigenvalue weighted by Gasteiger charge is 2.18. The Morgan fingerprint density at radius 2 is 1.90 bits per heavy atom. The molecule has 0 spiro atoms. The summed E-state index contributed by atoms with van der Waals surface area (Å²) in [4.78, 5) is 0. The lowest BCUT2D eigenvalue weighted by atomic mass is 9.98. The maximum Gasteiger partial charge on any atom is 0.142 e. The molecule has 0 fully saturated rings. The third kappa shape index (κ3) is 3.22. The predicted molar refractivity (Wildman–Crippen MR) is 76.0 cm³/mol. The molecule has 0 radical (unpaired) electrons. The van der Waals surface area contributed by atoms with Gasteiger partial charge >= 0.3 is 0 Å². The molecule has 0 saturated heterocycles. The molecule has 0 saturated carbocycles. The van der Waals surface area contributed by atoms with E-state index in [-0.39, 0.29) is 12.2 Å². The van der Waals surface area contributed by atoms with Crippen molar-refractivity contribution in [3.05, 3.63) is 69.4 Å². The summed E-state index contributed by atoms with van der Waals surface area (Å²) >= 11 is 3.13. The molecule has 2 aromatic carbocycles. The fourth-order valence-corrected chi connectivity index (χ4v) is 2.45. The van der Waals surface area contributed by atoms with Crippen LogP contribution in [0.3, 0.4) is 0 Å². The lowest BCUT2D eigenvalue weighted by molar-refractivity contribution is 0.513. The van der Waals surface area contributed by atoms with Gasteiger partial charge in [-0.1, -0.05) is 18.2 Å². The summed E-state index contributed by atoms with van der Waals surface area (Å²) in [5.41, 5.74) is 0.774. The van der Waals surface area contributed by atoms with Gasteiger partial charge in [-0.25, -0.2) is 13.2 Å². The van der Waals surface area contributed by atoms with Gasteiger partial charge in [-0.05, 0) is 47.1 Å². The fourth-order valence-electron chi connectivity index (χ4n) is 2.06. The Morgan fingerprint density at radius 1 is 1.15 bits per heavy atom. The Balaban J connectivity index is 2.31. The molecule has 106 valence electrons. The highest BCUT2D eigenvalue weighted by atomic mass is 79.9. The summed E-state index contributed by atoms with van der Waals surface area (Å²) in [6.45, 7) is 0. The third-order valence-electron chi connectivity index (χ3n) is 3.14. The molecule has 0 aliphatic heterocycles. The number of likely N-dealkylation sites (N-methyl/N-ethyl adjacent to an activating group) is 1. The van der Waals surface area contributed by atoms with Crippen LogP contribution in [0.25, 0.3) is 0 Å². The Bertz CT molecular complexity index is 616. The molecular weight excluding hydrogens is 331 g/mol. The van der Waals surface area contributed by atoms with Crippen molar-refractivity contribution < 1.29 is 13.2 Å². The third-order valence-corrected chi connectivity index (χ3v) is 3.76. The van der Waals surface area contributed by atoms with Crippen LogP contribution >= 0.6 is 15.9 Å². The Hall–Kier alpha value is -1.33. The van der Waals surface area contributed by atoms with Gasteiger partial charge in [-0.3, -0.25) is 0 Å². The highest BCUT2D eigenvalue weighted by molar-refractivity contribution is 9.10. The second kappa shape index (κ2) is 6.41. The zero-order valence-corrected chi connectivity index (χ0v) is 12.3. The van der Waals surface area contributed by atoms with E-state index in [2.05, 4.69) is 21.2 Å². The minimum atomic E-state index is -0.624. The smallest absolute Gasteiger partial charge is 0.142 e. The first-order valence-corrected chi connectivity index (χ1v) is 6.87. The number of nitrogens with one attached hydrogen (secondary N) is 1. The van der Waals surface area contributed by atoms with Crippen molar-refractivity contribution in [1.82, 2.24) is 5.32 Å². The van der Waals surface area contributed by atoms with E-state index < -0.39 is 17.7 Å².